The molecule has 1 aromatic carbocycles. The summed E-state index contributed by atoms with van der Waals surface area (Å²) in [5.74, 6) is 0.143. The van der Waals surface area contributed by atoms with Gasteiger partial charge in [0.05, 0.1) is 10.6 Å². The van der Waals surface area contributed by atoms with E-state index in [0.29, 0.717) is 16.4 Å². The third-order valence-electron chi connectivity index (χ3n) is 2.56. The van der Waals surface area contributed by atoms with Crippen LogP contribution in [-0.4, -0.2) is 16.0 Å². The van der Waals surface area contributed by atoms with Gasteiger partial charge in [0.25, 0.3) is 5.91 Å². The first-order valence-electron chi connectivity index (χ1n) is 5.96. The number of anilines is 1. The van der Waals surface area contributed by atoms with E-state index in [0.717, 1.165) is 5.56 Å². The fourth-order valence-corrected chi connectivity index (χ4v) is 2.29. The van der Waals surface area contributed by atoms with E-state index in [2.05, 4.69) is 15.6 Å². The lowest BCUT2D eigenvalue weighted by molar-refractivity contribution is 0.0978. The minimum Gasteiger partial charge on any atom is -0.317 e. The lowest BCUT2D eigenvalue weighted by Crippen LogP contribution is -2.34. The first kappa shape index (κ1) is 15.7. The molecule has 2 N–H and O–H groups in total. The Kier molecular flexibility index (Phi) is 5.12. The van der Waals surface area contributed by atoms with Gasteiger partial charge in [-0.25, -0.2) is 4.98 Å². The lowest BCUT2D eigenvalue weighted by atomic mass is 10.2. The number of carbonyl (C=O) groups excluding carboxylic acids is 1. The molecule has 1 amide bonds. The van der Waals surface area contributed by atoms with Gasteiger partial charge in [-0.3, -0.25) is 10.1 Å². The molecule has 21 heavy (non-hydrogen) atoms. The molecule has 1 heterocycles. The third-order valence-corrected chi connectivity index (χ3v) is 3.31. The van der Waals surface area contributed by atoms with E-state index < -0.39 is 5.91 Å². The lowest BCUT2D eigenvalue weighted by Gasteiger charge is -2.10. The molecule has 0 bridgehead atoms. The summed E-state index contributed by atoms with van der Waals surface area (Å²) < 4.78 is 0. The SMILES string of the molecule is Cc1ccnc(NC(=S)NC(=O)c2ccc(Cl)cc2Cl)c1. The highest BCUT2D eigenvalue weighted by molar-refractivity contribution is 7.80. The number of benzene rings is 1. The van der Waals surface area contributed by atoms with Crippen molar-refractivity contribution in [3.63, 3.8) is 0 Å². The second-order valence-electron chi connectivity index (χ2n) is 4.25. The van der Waals surface area contributed by atoms with Crippen LogP contribution in [0.5, 0.6) is 0 Å². The van der Waals surface area contributed by atoms with Crippen LogP contribution in [0, 0.1) is 6.92 Å². The number of aromatic nitrogens is 1. The predicted molar refractivity (Wildman–Crippen MR) is 89.1 cm³/mol. The summed E-state index contributed by atoms with van der Waals surface area (Å²) in [5.41, 5.74) is 1.32. The minimum absolute atomic E-state index is 0.143. The molecule has 7 heteroatoms. The van der Waals surface area contributed by atoms with Gasteiger partial charge >= 0.3 is 0 Å². The van der Waals surface area contributed by atoms with Crippen LogP contribution in [-0.2, 0) is 0 Å². The van der Waals surface area contributed by atoms with Crippen LogP contribution in [0.25, 0.3) is 0 Å². The smallest absolute Gasteiger partial charge is 0.258 e. The molecule has 1 aromatic heterocycles. The summed E-state index contributed by atoms with van der Waals surface area (Å²) >= 11 is 16.8. The van der Waals surface area contributed by atoms with Crippen LogP contribution in [0.15, 0.2) is 36.5 Å². The summed E-state index contributed by atoms with van der Waals surface area (Å²) in [4.78, 5) is 16.2. The Morgan fingerprint density at radius 3 is 2.67 bits per heavy atom. The summed E-state index contributed by atoms with van der Waals surface area (Å²) in [6.45, 7) is 1.93. The molecule has 0 aliphatic heterocycles. The third kappa shape index (κ3) is 4.39. The molecule has 2 rings (SSSR count). The van der Waals surface area contributed by atoms with E-state index >= 15 is 0 Å². The number of aryl methyl sites for hydroxylation is 1. The Hall–Kier alpha value is -1.69. The van der Waals surface area contributed by atoms with E-state index in [9.17, 15) is 4.79 Å². The maximum Gasteiger partial charge on any atom is 0.258 e. The van der Waals surface area contributed by atoms with Gasteiger partial charge in [-0.1, -0.05) is 23.2 Å². The zero-order valence-corrected chi connectivity index (χ0v) is 13.3. The van der Waals surface area contributed by atoms with Crippen LogP contribution < -0.4 is 10.6 Å². The maximum absolute atomic E-state index is 12.1. The largest absolute Gasteiger partial charge is 0.317 e. The Balaban J connectivity index is 2.04. The van der Waals surface area contributed by atoms with E-state index in [1.54, 1.807) is 12.3 Å². The second-order valence-corrected chi connectivity index (χ2v) is 5.50. The summed E-state index contributed by atoms with van der Waals surface area (Å²) in [6, 6.07) is 8.29. The fourth-order valence-electron chi connectivity index (χ4n) is 1.60. The second kappa shape index (κ2) is 6.85. The molecule has 0 spiro atoms. The Bertz CT molecular complexity index is 706. The van der Waals surface area contributed by atoms with Gasteiger partial charge in [-0.05, 0) is 55.0 Å². The molecule has 0 unspecified atom stereocenters. The van der Waals surface area contributed by atoms with Crippen molar-refractivity contribution in [2.75, 3.05) is 5.32 Å². The molecule has 0 radical (unpaired) electrons. The molecule has 108 valence electrons. The minimum atomic E-state index is -0.415. The number of nitrogens with zero attached hydrogens (tertiary/aromatic N) is 1. The van der Waals surface area contributed by atoms with Gasteiger partial charge in [-0.2, -0.15) is 0 Å². The first-order valence-corrected chi connectivity index (χ1v) is 7.12. The molecular weight excluding hydrogens is 329 g/mol. The van der Waals surface area contributed by atoms with Crippen molar-refractivity contribution in [1.29, 1.82) is 0 Å². The van der Waals surface area contributed by atoms with Gasteiger partial charge in [0, 0.05) is 11.2 Å². The van der Waals surface area contributed by atoms with Crippen molar-refractivity contribution >= 4 is 52.3 Å². The van der Waals surface area contributed by atoms with Crippen LogP contribution in [0.2, 0.25) is 10.0 Å². The number of amides is 1. The van der Waals surface area contributed by atoms with E-state index in [-0.39, 0.29) is 10.1 Å². The Morgan fingerprint density at radius 2 is 2.00 bits per heavy atom. The molecule has 4 nitrogen and oxygen atoms in total. The quantitative estimate of drug-likeness (QED) is 0.816. The highest BCUT2D eigenvalue weighted by Crippen LogP contribution is 2.20. The van der Waals surface area contributed by atoms with Crippen molar-refractivity contribution in [3.8, 4) is 0 Å². The van der Waals surface area contributed by atoms with Crippen LogP contribution in [0.1, 0.15) is 15.9 Å². The normalized spacial score (nSPS) is 10.0. The number of hydrogen-bond acceptors (Lipinski definition) is 3. The number of rotatable bonds is 2. The standard InChI is InChI=1S/C14H11Cl2N3OS/c1-8-4-5-17-12(6-8)18-14(21)19-13(20)10-3-2-9(15)7-11(10)16/h2-7H,1H3,(H2,17,18,19,20,21). The zero-order chi connectivity index (χ0) is 15.4. The van der Waals surface area contributed by atoms with E-state index in [1.807, 2.05) is 19.1 Å². The van der Waals surface area contributed by atoms with Gasteiger partial charge in [0.1, 0.15) is 5.82 Å². The Morgan fingerprint density at radius 1 is 1.24 bits per heavy atom. The van der Waals surface area contributed by atoms with Crippen LogP contribution in [0.4, 0.5) is 5.82 Å². The molecule has 0 aliphatic carbocycles. The zero-order valence-electron chi connectivity index (χ0n) is 11.0. The van der Waals surface area contributed by atoms with Crippen molar-refractivity contribution < 1.29 is 4.79 Å². The van der Waals surface area contributed by atoms with E-state index in [4.69, 9.17) is 35.4 Å². The van der Waals surface area contributed by atoms with Gasteiger partial charge in [-0.15, -0.1) is 0 Å². The van der Waals surface area contributed by atoms with Gasteiger partial charge in [0.15, 0.2) is 5.11 Å². The average Bonchev–Trinajstić information content (AvgIpc) is 2.38. The van der Waals surface area contributed by atoms with Crippen molar-refractivity contribution in [3.05, 3.63) is 57.7 Å². The number of pyridine rings is 1. The number of carbonyl (C=O) groups is 1. The topological polar surface area (TPSA) is 54.0 Å². The monoisotopic (exact) mass is 339 g/mol. The highest BCUT2D eigenvalue weighted by Gasteiger charge is 2.12. The van der Waals surface area contributed by atoms with Gasteiger partial charge in [0.2, 0.25) is 0 Å². The number of halogens is 2. The highest BCUT2D eigenvalue weighted by atomic mass is 35.5. The number of hydrogen-bond donors (Lipinski definition) is 2. The maximum atomic E-state index is 12.1. The molecule has 0 fully saturated rings. The van der Waals surface area contributed by atoms with E-state index in [1.165, 1.54) is 12.1 Å². The molecule has 0 atom stereocenters. The van der Waals surface area contributed by atoms with Crippen molar-refractivity contribution in [2.45, 2.75) is 6.92 Å². The Labute approximate surface area is 137 Å². The first-order chi connectivity index (χ1) is 9.95. The molecule has 0 saturated carbocycles. The number of thiocarbonyl (C=S) groups is 1. The van der Waals surface area contributed by atoms with Crippen LogP contribution >= 0.6 is 35.4 Å². The molecule has 0 aliphatic rings. The molecule has 0 saturated heterocycles. The summed E-state index contributed by atoms with van der Waals surface area (Å²) in [7, 11) is 0. The van der Waals surface area contributed by atoms with Gasteiger partial charge < -0.3 is 5.32 Å². The summed E-state index contributed by atoms with van der Waals surface area (Å²) in [6.07, 6.45) is 1.65. The number of nitrogens with one attached hydrogen (secondary N) is 2. The molecule has 2 aromatic rings. The predicted octanol–water partition coefficient (Wildman–Crippen LogP) is 3.82. The van der Waals surface area contributed by atoms with Crippen LogP contribution in [0.3, 0.4) is 0 Å². The average molecular weight is 340 g/mol. The summed E-state index contributed by atoms with van der Waals surface area (Å²) in [5, 5.41) is 6.23. The fraction of sp³-hybridized carbons (Fsp3) is 0.0714. The molecular formula is C14H11Cl2N3OS. The van der Waals surface area contributed by atoms with Crippen molar-refractivity contribution in [2.24, 2.45) is 0 Å². The van der Waals surface area contributed by atoms with Crippen molar-refractivity contribution in [1.82, 2.24) is 10.3 Å².